The second-order valence-electron chi connectivity index (χ2n) is 5.50. The van der Waals surface area contributed by atoms with Crippen LogP contribution in [0.2, 0.25) is 0 Å². The van der Waals surface area contributed by atoms with E-state index in [4.69, 9.17) is 4.42 Å². The summed E-state index contributed by atoms with van der Waals surface area (Å²) in [5, 5.41) is 5.70. The Morgan fingerprint density at radius 3 is 2.87 bits per heavy atom. The molecule has 0 aliphatic heterocycles. The van der Waals surface area contributed by atoms with Crippen molar-refractivity contribution < 1.29 is 9.21 Å². The topological polar surface area (TPSA) is 68.0 Å². The Kier molecular flexibility index (Phi) is 4.25. The summed E-state index contributed by atoms with van der Waals surface area (Å²) in [6.45, 7) is 5.98. The maximum Gasteiger partial charge on any atom is 0.248 e. The van der Waals surface area contributed by atoms with Gasteiger partial charge in [0.05, 0.1) is 10.7 Å². The number of oxazole rings is 1. The third-order valence-electron chi connectivity index (χ3n) is 3.21. The van der Waals surface area contributed by atoms with E-state index in [1.807, 2.05) is 38.3 Å². The predicted molar refractivity (Wildman–Crippen MR) is 92.6 cm³/mol. The van der Waals surface area contributed by atoms with E-state index in [0.717, 1.165) is 21.8 Å². The van der Waals surface area contributed by atoms with E-state index in [1.54, 1.807) is 23.5 Å². The first-order chi connectivity index (χ1) is 11.0. The molecule has 0 spiro atoms. The van der Waals surface area contributed by atoms with Gasteiger partial charge in [-0.2, -0.15) is 0 Å². The van der Waals surface area contributed by atoms with Crippen molar-refractivity contribution in [3.8, 4) is 0 Å². The fourth-order valence-electron chi connectivity index (χ4n) is 2.07. The number of hydrogen-bond acceptors (Lipinski definition) is 5. The first kappa shape index (κ1) is 15.4. The van der Waals surface area contributed by atoms with E-state index < -0.39 is 0 Å². The van der Waals surface area contributed by atoms with Crippen molar-refractivity contribution in [1.29, 1.82) is 0 Å². The highest BCUT2D eigenvalue weighted by Gasteiger charge is 2.10. The quantitative estimate of drug-likeness (QED) is 0.723. The molecule has 0 fully saturated rings. The summed E-state index contributed by atoms with van der Waals surface area (Å²) in [6, 6.07) is 5.43. The Morgan fingerprint density at radius 1 is 1.35 bits per heavy atom. The van der Waals surface area contributed by atoms with Crippen LogP contribution in [0.4, 0.5) is 5.69 Å². The fraction of sp³-hybridized carbons (Fsp3) is 0.235. The summed E-state index contributed by atoms with van der Waals surface area (Å²) >= 11 is 1.55. The molecule has 0 bridgehead atoms. The van der Waals surface area contributed by atoms with Gasteiger partial charge in [-0.15, -0.1) is 11.3 Å². The highest BCUT2D eigenvalue weighted by Crippen LogP contribution is 2.23. The lowest BCUT2D eigenvalue weighted by atomic mass is 10.2. The maximum absolute atomic E-state index is 12.0. The standard InChI is InChI=1S/C17H17N3O2S/c1-10(2)17-20-14-8-12(4-6-15(14)22-17)19-16(21)7-5-13-9-23-11(3)18-13/h4-10H,1-3H3,(H,19,21). The maximum atomic E-state index is 12.0. The molecule has 0 saturated heterocycles. The average Bonchev–Trinajstić information content (AvgIpc) is 3.10. The number of amides is 1. The molecule has 1 N–H and O–H groups in total. The van der Waals surface area contributed by atoms with E-state index in [0.29, 0.717) is 11.6 Å². The lowest BCUT2D eigenvalue weighted by Gasteiger charge is -2.00. The Morgan fingerprint density at radius 2 is 2.17 bits per heavy atom. The van der Waals surface area contributed by atoms with E-state index >= 15 is 0 Å². The zero-order valence-electron chi connectivity index (χ0n) is 13.2. The van der Waals surface area contributed by atoms with Crippen molar-refractivity contribution in [2.24, 2.45) is 0 Å². The van der Waals surface area contributed by atoms with Gasteiger partial charge in [0, 0.05) is 23.1 Å². The van der Waals surface area contributed by atoms with Crippen LogP contribution in [0.25, 0.3) is 17.2 Å². The summed E-state index contributed by atoms with van der Waals surface area (Å²) in [5.41, 5.74) is 2.94. The largest absolute Gasteiger partial charge is 0.440 e. The normalized spacial score (nSPS) is 11.7. The van der Waals surface area contributed by atoms with Crippen molar-refractivity contribution >= 4 is 40.1 Å². The van der Waals surface area contributed by atoms with E-state index in [2.05, 4.69) is 15.3 Å². The minimum atomic E-state index is -0.206. The van der Waals surface area contributed by atoms with Crippen LogP contribution in [0, 0.1) is 6.92 Å². The van der Waals surface area contributed by atoms with Gasteiger partial charge in [-0.05, 0) is 31.2 Å². The number of aromatic nitrogens is 2. The number of fused-ring (bicyclic) bond motifs is 1. The van der Waals surface area contributed by atoms with Gasteiger partial charge < -0.3 is 9.73 Å². The molecule has 3 rings (SSSR count). The number of carbonyl (C=O) groups is 1. The number of anilines is 1. The number of thiazole rings is 1. The van der Waals surface area contributed by atoms with E-state index in [1.165, 1.54) is 6.08 Å². The van der Waals surface area contributed by atoms with Crippen LogP contribution in [0.15, 0.2) is 34.1 Å². The fourth-order valence-corrected chi connectivity index (χ4v) is 2.65. The molecule has 2 heterocycles. The molecule has 1 aromatic carbocycles. The molecule has 0 saturated carbocycles. The molecule has 118 valence electrons. The van der Waals surface area contributed by atoms with Crippen LogP contribution in [-0.2, 0) is 4.79 Å². The van der Waals surface area contributed by atoms with Crippen LogP contribution in [0.3, 0.4) is 0 Å². The minimum Gasteiger partial charge on any atom is -0.440 e. The SMILES string of the molecule is Cc1nc(C=CC(=O)Nc2ccc3oc(C(C)C)nc3c2)cs1. The molecule has 0 aliphatic carbocycles. The van der Waals surface area contributed by atoms with Crippen molar-refractivity contribution in [2.75, 3.05) is 5.32 Å². The smallest absolute Gasteiger partial charge is 0.248 e. The molecular formula is C17H17N3O2S. The summed E-state index contributed by atoms with van der Waals surface area (Å²) in [7, 11) is 0. The first-order valence-electron chi connectivity index (χ1n) is 7.33. The number of aryl methyl sites for hydroxylation is 1. The Hall–Kier alpha value is -2.47. The lowest BCUT2D eigenvalue weighted by Crippen LogP contribution is -2.07. The third-order valence-corrected chi connectivity index (χ3v) is 4.00. The molecule has 3 aromatic rings. The Balaban J connectivity index is 1.73. The highest BCUT2D eigenvalue weighted by molar-refractivity contribution is 7.09. The molecule has 0 unspecified atom stereocenters. The molecule has 1 amide bonds. The zero-order chi connectivity index (χ0) is 16.4. The molecule has 23 heavy (non-hydrogen) atoms. The van der Waals surface area contributed by atoms with Crippen molar-refractivity contribution in [3.63, 3.8) is 0 Å². The van der Waals surface area contributed by atoms with Gasteiger partial charge in [0.2, 0.25) is 5.91 Å². The molecule has 5 nitrogen and oxygen atoms in total. The van der Waals surface area contributed by atoms with E-state index in [-0.39, 0.29) is 11.8 Å². The molecule has 2 aromatic heterocycles. The number of hydrogen-bond donors (Lipinski definition) is 1. The van der Waals surface area contributed by atoms with Gasteiger partial charge in [-0.3, -0.25) is 4.79 Å². The average molecular weight is 327 g/mol. The van der Waals surface area contributed by atoms with Crippen LogP contribution in [0.1, 0.15) is 36.4 Å². The number of nitrogens with zero attached hydrogens (tertiary/aromatic N) is 2. The second-order valence-corrected chi connectivity index (χ2v) is 6.57. The molecular weight excluding hydrogens is 310 g/mol. The highest BCUT2D eigenvalue weighted by atomic mass is 32.1. The van der Waals surface area contributed by atoms with Crippen LogP contribution in [0.5, 0.6) is 0 Å². The summed E-state index contributed by atoms with van der Waals surface area (Å²) in [5.74, 6) is 0.717. The van der Waals surface area contributed by atoms with Gasteiger partial charge in [-0.25, -0.2) is 9.97 Å². The predicted octanol–water partition coefficient (Wildman–Crippen LogP) is 4.37. The number of benzene rings is 1. The van der Waals surface area contributed by atoms with Crippen molar-refractivity contribution in [1.82, 2.24) is 9.97 Å². The monoisotopic (exact) mass is 327 g/mol. The van der Waals surface area contributed by atoms with Gasteiger partial charge in [-0.1, -0.05) is 13.8 Å². The third kappa shape index (κ3) is 3.65. The van der Waals surface area contributed by atoms with Crippen LogP contribution in [-0.4, -0.2) is 15.9 Å². The van der Waals surface area contributed by atoms with Crippen LogP contribution < -0.4 is 5.32 Å². The lowest BCUT2D eigenvalue weighted by molar-refractivity contribution is -0.111. The van der Waals surface area contributed by atoms with Crippen LogP contribution >= 0.6 is 11.3 Å². The van der Waals surface area contributed by atoms with Gasteiger partial charge in [0.15, 0.2) is 11.5 Å². The zero-order valence-corrected chi connectivity index (χ0v) is 14.0. The Bertz CT molecular complexity index is 877. The van der Waals surface area contributed by atoms with Crippen molar-refractivity contribution in [3.05, 3.63) is 46.2 Å². The summed E-state index contributed by atoms with van der Waals surface area (Å²) < 4.78 is 5.65. The molecule has 0 aliphatic rings. The number of rotatable bonds is 4. The minimum absolute atomic E-state index is 0.206. The number of nitrogens with one attached hydrogen (secondary N) is 1. The van der Waals surface area contributed by atoms with Gasteiger partial charge in [0.1, 0.15) is 5.52 Å². The number of carbonyl (C=O) groups excluding carboxylic acids is 1. The second kappa shape index (κ2) is 6.34. The van der Waals surface area contributed by atoms with Gasteiger partial charge in [0.25, 0.3) is 0 Å². The Labute approximate surface area is 138 Å². The summed E-state index contributed by atoms with van der Waals surface area (Å²) in [4.78, 5) is 20.7. The molecule has 0 atom stereocenters. The summed E-state index contributed by atoms with van der Waals surface area (Å²) in [6.07, 6.45) is 3.17. The molecule has 6 heteroatoms. The molecule has 0 radical (unpaired) electrons. The van der Waals surface area contributed by atoms with Crippen molar-refractivity contribution in [2.45, 2.75) is 26.7 Å². The van der Waals surface area contributed by atoms with Gasteiger partial charge >= 0.3 is 0 Å². The van der Waals surface area contributed by atoms with E-state index in [9.17, 15) is 4.79 Å². The first-order valence-corrected chi connectivity index (χ1v) is 8.21.